The van der Waals surface area contributed by atoms with Crippen LogP contribution in [0.2, 0.25) is 0 Å². The van der Waals surface area contributed by atoms with Crippen LogP contribution < -0.4 is 9.47 Å². The maximum atomic E-state index is 13.3. The Morgan fingerprint density at radius 2 is 1.63 bits per heavy atom. The lowest BCUT2D eigenvalue weighted by Crippen LogP contribution is -2.31. The van der Waals surface area contributed by atoms with Crippen molar-refractivity contribution in [3.8, 4) is 11.5 Å². The molecule has 0 unspecified atom stereocenters. The highest BCUT2D eigenvalue weighted by atomic mass is 16.6. The highest BCUT2D eigenvalue weighted by Crippen LogP contribution is 2.41. The number of benzene rings is 3. The molecular weight excluding hydrogens is 442 g/mol. The fourth-order valence-corrected chi connectivity index (χ4v) is 4.63. The van der Waals surface area contributed by atoms with E-state index in [9.17, 15) is 14.7 Å². The van der Waals surface area contributed by atoms with Gasteiger partial charge in [-0.2, -0.15) is 0 Å². The van der Waals surface area contributed by atoms with Gasteiger partial charge in [0.25, 0.3) is 11.7 Å². The second-order valence-corrected chi connectivity index (χ2v) is 8.68. The van der Waals surface area contributed by atoms with Crippen LogP contribution in [0.15, 0.2) is 78.4 Å². The van der Waals surface area contributed by atoms with E-state index in [4.69, 9.17) is 9.47 Å². The number of aliphatic hydroxyl groups excluding tert-OH is 1. The molecule has 35 heavy (non-hydrogen) atoms. The topological polar surface area (TPSA) is 76.1 Å². The minimum atomic E-state index is -0.685. The maximum absolute atomic E-state index is 13.3. The van der Waals surface area contributed by atoms with Gasteiger partial charge < -0.3 is 19.5 Å². The number of aryl methyl sites for hydroxylation is 1. The van der Waals surface area contributed by atoms with Gasteiger partial charge in [0.05, 0.1) is 11.6 Å². The largest absolute Gasteiger partial charge is 0.507 e. The predicted molar refractivity (Wildman–Crippen MR) is 132 cm³/mol. The van der Waals surface area contributed by atoms with E-state index in [-0.39, 0.29) is 11.3 Å². The van der Waals surface area contributed by atoms with Gasteiger partial charge in [0.15, 0.2) is 11.5 Å². The molecule has 2 aliphatic rings. The minimum absolute atomic E-state index is 0.0870. The Bertz CT molecular complexity index is 1280. The molecule has 6 nitrogen and oxygen atoms in total. The molecule has 1 atom stereocenters. The lowest BCUT2D eigenvalue weighted by Gasteiger charge is -2.26. The lowest BCUT2D eigenvalue weighted by atomic mass is 9.94. The van der Waals surface area contributed by atoms with E-state index in [1.165, 1.54) is 0 Å². The van der Waals surface area contributed by atoms with Crippen molar-refractivity contribution < 1.29 is 24.2 Å². The van der Waals surface area contributed by atoms with E-state index in [0.29, 0.717) is 43.2 Å². The summed E-state index contributed by atoms with van der Waals surface area (Å²) in [6.45, 7) is 3.29. The summed E-state index contributed by atoms with van der Waals surface area (Å²) in [6, 6.07) is 22.1. The van der Waals surface area contributed by atoms with Gasteiger partial charge >= 0.3 is 0 Å². The molecule has 1 fully saturated rings. The van der Waals surface area contributed by atoms with Gasteiger partial charge in [-0.15, -0.1) is 0 Å². The molecule has 178 valence electrons. The van der Waals surface area contributed by atoms with Crippen LogP contribution in [-0.4, -0.2) is 41.5 Å². The molecule has 0 aliphatic carbocycles. The summed E-state index contributed by atoms with van der Waals surface area (Å²) in [7, 11) is 0. The molecule has 2 aliphatic heterocycles. The normalized spacial score (nSPS) is 18.7. The van der Waals surface area contributed by atoms with Crippen molar-refractivity contribution >= 4 is 17.4 Å². The highest BCUT2D eigenvalue weighted by molar-refractivity contribution is 6.46. The molecule has 0 radical (unpaired) electrons. The first-order chi connectivity index (χ1) is 17.1. The molecule has 1 N–H and O–H groups in total. The summed E-state index contributed by atoms with van der Waals surface area (Å²) in [5.41, 5.74) is 3.51. The van der Waals surface area contributed by atoms with Gasteiger partial charge in [-0.3, -0.25) is 9.59 Å². The van der Waals surface area contributed by atoms with Crippen LogP contribution in [0.25, 0.3) is 5.76 Å². The second kappa shape index (κ2) is 9.66. The number of likely N-dealkylation sites (tertiary alicyclic amines) is 1. The predicted octanol–water partition coefficient (Wildman–Crippen LogP) is 4.68. The Balaban J connectivity index is 1.57. The Labute approximate surface area is 204 Å². The third-order valence-corrected chi connectivity index (χ3v) is 6.54. The number of Topliss-reactive ketones (excluding diaryl/α,β-unsaturated/α-hetero) is 1. The number of ketones is 1. The summed E-state index contributed by atoms with van der Waals surface area (Å²) in [6.07, 6.45) is 1.48. The number of hydrogen-bond donors (Lipinski definition) is 1. The average Bonchev–Trinajstić information content (AvgIpc) is 3.16. The Hall–Kier alpha value is -4.06. The van der Waals surface area contributed by atoms with Crippen molar-refractivity contribution in [1.82, 2.24) is 4.90 Å². The van der Waals surface area contributed by atoms with Gasteiger partial charge in [-0.1, -0.05) is 61.5 Å². The lowest BCUT2D eigenvalue weighted by molar-refractivity contribution is -0.139. The van der Waals surface area contributed by atoms with Crippen LogP contribution in [-0.2, 0) is 22.4 Å². The average molecular weight is 470 g/mol. The summed E-state index contributed by atoms with van der Waals surface area (Å²) < 4.78 is 11.2. The van der Waals surface area contributed by atoms with Gasteiger partial charge in [-0.25, -0.2) is 0 Å². The van der Waals surface area contributed by atoms with E-state index < -0.39 is 17.7 Å². The first-order valence-electron chi connectivity index (χ1n) is 11.9. The molecule has 1 amide bonds. The molecule has 5 rings (SSSR count). The summed E-state index contributed by atoms with van der Waals surface area (Å²) in [5.74, 6) is -0.419. The Morgan fingerprint density at radius 3 is 2.34 bits per heavy atom. The zero-order valence-electron chi connectivity index (χ0n) is 19.6. The molecule has 0 saturated carbocycles. The van der Waals surface area contributed by atoms with Crippen LogP contribution >= 0.6 is 0 Å². The van der Waals surface area contributed by atoms with Crippen molar-refractivity contribution in [3.63, 3.8) is 0 Å². The van der Waals surface area contributed by atoms with E-state index in [2.05, 4.69) is 6.92 Å². The zero-order valence-corrected chi connectivity index (χ0v) is 19.6. The monoisotopic (exact) mass is 469 g/mol. The molecule has 2 heterocycles. The first-order valence-corrected chi connectivity index (χ1v) is 11.9. The van der Waals surface area contributed by atoms with Crippen LogP contribution in [0, 0.1) is 0 Å². The van der Waals surface area contributed by atoms with E-state index >= 15 is 0 Å². The Kier molecular flexibility index (Phi) is 6.27. The second-order valence-electron chi connectivity index (χ2n) is 8.68. The number of carbonyl (C=O) groups is 2. The molecular formula is C29H27NO5. The van der Waals surface area contributed by atoms with Crippen molar-refractivity contribution in [3.05, 3.63) is 101 Å². The first kappa shape index (κ1) is 22.7. The Morgan fingerprint density at radius 1 is 0.914 bits per heavy atom. The van der Waals surface area contributed by atoms with Crippen molar-refractivity contribution in [2.45, 2.75) is 25.8 Å². The smallest absolute Gasteiger partial charge is 0.295 e. The molecule has 3 aromatic rings. The molecule has 3 aromatic carbocycles. The van der Waals surface area contributed by atoms with E-state index in [0.717, 1.165) is 23.1 Å². The molecule has 0 bridgehead atoms. The van der Waals surface area contributed by atoms with Crippen LogP contribution in [0.3, 0.4) is 0 Å². The fourth-order valence-electron chi connectivity index (χ4n) is 4.63. The summed E-state index contributed by atoms with van der Waals surface area (Å²) in [5, 5.41) is 11.3. The third-order valence-electron chi connectivity index (χ3n) is 6.54. The number of rotatable bonds is 6. The number of amides is 1. The molecule has 0 aromatic heterocycles. The quantitative estimate of drug-likeness (QED) is 0.322. The molecule has 0 spiro atoms. The number of hydrogen-bond acceptors (Lipinski definition) is 5. The van der Waals surface area contributed by atoms with Crippen molar-refractivity contribution in [2.75, 3.05) is 19.8 Å². The van der Waals surface area contributed by atoms with E-state index in [1.807, 2.05) is 54.6 Å². The van der Waals surface area contributed by atoms with Crippen LogP contribution in [0.1, 0.15) is 35.2 Å². The zero-order chi connectivity index (χ0) is 24.4. The van der Waals surface area contributed by atoms with Gasteiger partial charge in [0.2, 0.25) is 0 Å². The summed E-state index contributed by atoms with van der Waals surface area (Å²) in [4.78, 5) is 28.0. The third kappa shape index (κ3) is 4.39. The van der Waals surface area contributed by atoms with Crippen LogP contribution in [0.4, 0.5) is 0 Å². The van der Waals surface area contributed by atoms with Gasteiger partial charge in [-0.05, 0) is 47.7 Å². The van der Waals surface area contributed by atoms with Crippen molar-refractivity contribution in [2.24, 2.45) is 0 Å². The molecule has 6 heteroatoms. The van der Waals surface area contributed by atoms with Gasteiger partial charge in [0, 0.05) is 12.1 Å². The standard InChI is InChI=1S/C29H27NO5/c1-2-19-8-10-21(11-9-19)26-25(27(31)22-12-13-23-24(18-22)35-17-16-34-23)28(32)29(33)30(26)15-14-20-6-4-3-5-7-20/h3-13,18,26,31H,2,14-17H2,1H3/t26-/m1/s1. The highest BCUT2D eigenvalue weighted by Gasteiger charge is 2.45. The SMILES string of the molecule is CCc1ccc([C@@H]2C(=C(O)c3ccc4c(c3)OCCO4)C(=O)C(=O)N2CCc2ccccc2)cc1. The number of fused-ring (bicyclic) bond motifs is 1. The van der Waals surface area contributed by atoms with Crippen molar-refractivity contribution in [1.29, 1.82) is 0 Å². The minimum Gasteiger partial charge on any atom is -0.507 e. The maximum Gasteiger partial charge on any atom is 0.295 e. The summed E-state index contributed by atoms with van der Waals surface area (Å²) >= 11 is 0. The number of ether oxygens (including phenoxy) is 2. The van der Waals surface area contributed by atoms with Crippen LogP contribution in [0.5, 0.6) is 11.5 Å². The number of aliphatic hydroxyl groups is 1. The van der Waals surface area contributed by atoms with Gasteiger partial charge in [0.1, 0.15) is 19.0 Å². The number of nitrogens with zero attached hydrogens (tertiary/aromatic N) is 1. The fraction of sp³-hybridized carbons (Fsp3) is 0.241. The number of carbonyl (C=O) groups excluding carboxylic acids is 2. The van der Waals surface area contributed by atoms with E-state index in [1.54, 1.807) is 23.1 Å². The molecule has 1 saturated heterocycles.